The molecule has 1 fully saturated rings. The summed E-state index contributed by atoms with van der Waals surface area (Å²) in [5, 5.41) is 17.2. The molecule has 128 valence electrons. The summed E-state index contributed by atoms with van der Waals surface area (Å²) in [6.45, 7) is -0.301. The lowest BCUT2D eigenvalue weighted by atomic mass is 9.90. The molecular weight excluding hydrogens is 325 g/mol. The lowest BCUT2D eigenvalue weighted by Gasteiger charge is -2.39. The topological polar surface area (TPSA) is 71.2 Å². The molecule has 0 radical (unpaired) electrons. The minimum Gasteiger partial charge on any atom is -0.380 e. The van der Waals surface area contributed by atoms with E-state index in [2.05, 4.69) is 10.3 Å². The number of nitrogens with zero attached hydrogens (tertiary/aromatic N) is 4. The first kappa shape index (κ1) is 16.4. The Bertz CT molecular complexity index is 723. The van der Waals surface area contributed by atoms with Crippen LogP contribution in [0.15, 0.2) is 36.7 Å². The SMILES string of the molecule is O=C(c1cccc(-n2ccnn2)c1)N1CCC(O)(C(F)(F)F)CC1. The Hall–Kier alpha value is -2.42. The highest BCUT2D eigenvalue weighted by Gasteiger charge is 2.54. The molecule has 0 saturated carbocycles. The molecule has 1 amide bonds. The Morgan fingerprint density at radius 2 is 1.96 bits per heavy atom. The van der Waals surface area contributed by atoms with Gasteiger partial charge in [-0.15, -0.1) is 5.10 Å². The molecule has 0 spiro atoms. The molecule has 0 aliphatic carbocycles. The van der Waals surface area contributed by atoms with E-state index in [-0.39, 0.29) is 19.0 Å². The summed E-state index contributed by atoms with van der Waals surface area (Å²) < 4.78 is 39.9. The summed E-state index contributed by atoms with van der Waals surface area (Å²) in [5.74, 6) is -0.374. The van der Waals surface area contributed by atoms with Gasteiger partial charge in [0.15, 0.2) is 5.60 Å². The Labute approximate surface area is 135 Å². The van der Waals surface area contributed by atoms with Crippen molar-refractivity contribution in [2.75, 3.05) is 13.1 Å². The zero-order chi connectivity index (χ0) is 17.4. The van der Waals surface area contributed by atoms with Crippen LogP contribution >= 0.6 is 0 Å². The molecule has 3 rings (SSSR count). The van der Waals surface area contributed by atoms with Gasteiger partial charge in [-0.25, -0.2) is 4.68 Å². The van der Waals surface area contributed by atoms with Gasteiger partial charge in [0.25, 0.3) is 5.91 Å². The van der Waals surface area contributed by atoms with Crippen molar-refractivity contribution in [3.63, 3.8) is 0 Å². The predicted octanol–water partition coefficient (Wildman–Crippen LogP) is 1.80. The van der Waals surface area contributed by atoms with Gasteiger partial charge in [0.2, 0.25) is 0 Å². The predicted molar refractivity (Wildman–Crippen MR) is 77.5 cm³/mol. The number of piperidine rings is 1. The van der Waals surface area contributed by atoms with Crippen molar-refractivity contribution in [3.05, 3.63) is 42.2 Å². The molecule has 1 aromatic heterocycles. The van der Waals surface area contributed by atoms with E-state index in [1.807, 2.05) is 0 Å². The molecule has 24 heavy (non-hydrogen) atoms. The second-order valence-corrected chi connectivity index (χ2v) is 5.72. The highest BCUT2D eigenvalue weighted by molar-refractivity contribution is 5.94. The van der Waals surface area contributed by atoms with E-state index in [0.29, 0.717) is 11.3 Å². The molecule has 2 heterocycles. The maximum Gasteiger partial charge on any atom is 0.417 e. The smallest absolute Gasteiger partial charge is 0.380 e. The quantitative estimate of drug-likeness (QED) is 0.905. The largest absolute Gasteiger partial charge is 0.417 e. The van der Waals surface area contributed by atoms with Gasteiger partial charge in [0, 0.05) is 31.5 Å². The van der Waals surface area contributed by atoms with E-state index in [1.54, 1.807) is 30.5 Å². The number of hydrogen-bond donors (Lipinski definition) is 1. The first-order valence-corrected chi connectivity index (χ1v) is 7.35. The number of alkyl halides is 3. The number of aliphatic hydroxyl groups is 1. The number of benzene rings is 1. The van der Waals surface area contributed by atoms with E-state index in [4.69, 9.17) is 0 Å². The highest BCUT2D eigenvalue weighted by Crippen LogP contribution is 2.38. The minimum atomic E-state index is -4.69. The van der Waals surface area contributed by atoms with Gasteiger partial charge >= 0.3 is 6.18 Å². The van der Waals surface area contributed by atoms with Crippen molar-refractivity contribution in [1.82, 2.24) is 19.9 Å². The molecule has 1 saturated heterocycles. The van der Waals surface area contributed by atoms with Gasteiger partial charge < -0.3 is 10.0 Å². The molecule has 1 aromatic carbocycles. The van der Waals surface area contributed by atoms with E-state index in [9.17, 15) is 23.1 Å². The summed E-state index contributed by atoms with van der Waals surface area (Å²) in [6, 6.07) is 6.60. The van der Waals surface area contributed by atoms with Crippen molar-refractivity contribution in [3.8, 4) is 5.69 Å². The van der Waals surface area contributed by atoms with Crippen LogP contribution in [0.1, 0.15) is 23.2 Å². The summed E-state index contributed by atoms with van der Waals surface area (Å²) in [4.78, 5) is 13.8. The monoisotopic (exact) mass is 340 g/mol. The number of carbonyl (C=O) groups excluding carboxylic acids is 1. The van der Waals surface area contributed by atoms with E-state index >= 15 is 0 Å². The summed E-state index contributed by atoms with van der Waals surface area (Å²) in [5.41, 5.74) is -1.74. The minimum absolute atomic E-state index is 0.150. The summed E-state index contributed by atoms with van der Waals surface area (Å²) in [6.07, 6.45) is -2.61. The van der Waals surface area contributed by atoms with Gasteiger partial charge in [0.05, 0.1) is 18.1 Å². The average Bonchev–Trinajstić information content (AvgIpc) is 3.08. The van der Waals surface area contributed by atoms with Crippen LogP contribution < -0.4 is 0 Å². The van der Waals surface area contributed by atoms with Gasteiger partial charge in [-0.3, -0.25) is 4.79 Å². The maximum atomic E-state index is 12.8. The second kappa shape index (κ2) is 5.90. The zero-order valence-electron chi connectivity index (χ0n) is 12.6. The molecule has 9 heteroatoms. The van der Waals surface area contributed by atoms with Crippen molar-refractivity contribution in [2.45, 2.75) is 24.6 Å². The van der Waals surface area contributed by atoms with Gasteiger partial charge in [-0.1, -0.05) is 11.3 Å². The molecule has 1 aliphatic rings. The van der Waals surface area contributed by atoms with Crippen LogP contribution in [0, 0.1) is 0 Å². The second-order valence-electron chi connectivity index (χ2n) is 5.72. The Morgan fingerprint density at radius 3 is 2.54 bits per heavy atom. The molecule has 0 atom stereocenters. The van der Waals surface area contributed by atoms with Gasteiger partial charge in [0.1, 0.15) is 0 Å². The van der Waals surface area contributed by atoms with E-state index < -0.39 is 24.6 Å². The van der Waals surface area contributed by atoms with Crippen LogP contribution in [0.2, 0.25) is 0 Å². The highest BCUT2D eigenvalue weighted by atomic mass is 19.4. The van der Waals surface area contributed by atoms with Crippen LogP contribution in [0.3, 0.4) is 0 Å². The zero-order valence-corrected chi connectivity index (χ0v) is 12.6. The molecule has 2 aromatic rings. The Kier molecular flexibility index (Phi) is 4.04. The fourth-order valence-corrected chi connectivity index (χ4v) is 2.67. The fraction of sp³-hybridized carbons (Fsp3) is 0.400. The third kappa shape index (κ3) is 2.99. The first-order valence-electron chi connectivity index (χ1n) is 7.35. The number of carbonyl (C=O) groups is 1. The van der Waals surface area contributed by atoms with Crippen molar-refractivity contribution in [1.29, 1.82) is 0 Å². The van der Waals surface area contributed by atoms with Crippen LogP contribution in [0.5, 0.6) is 0 Å². The maximum absolute atomic E-state index is 12.8. The molecule has 6 nitrogen and oxygen atoms in total. The number of halogens is 3. The Balaban J connectivity index is 1.74. The van der Waals surface area contributed by atoms with E-state index in [1.165, 1.54) is 15.8 Å². The Morgan fingerprint density at radius 1 is 1.25 bits per heavy atom. The van der Waals surface area contributed by atoms with Crippen LogP contribution in [0.25, 0.3) is 5.69 Å². The lowest BCUT2D eigenvalue weighted by molar-refractivity contribution is -0.271. The summed E-state index contributed by atoms with van der Waals surface area (Å²) in [7, 11) is 0. The standard InChI is InChI=1S/C15H15F3N4O2/c16-15(17,18)14(24)4-7-21(8-5-14)13(23)11-2-1-3-12(10-11)22-9-6-19-20-22/h1-3,6,9-10,24H,4-5,7-8H2. The number of hydrogen-bond acceptors (Lipinski definition) is 4. The number of rotatable bonds is 2. The van der Waals surface area contributed by atoms with E-state index in [0.717, 1.165) is 0 Å². The van der Waals surface area contributed by atoms with Crippen molar-refractivity contribution >= 4 is 5.91 Å². The lowest BCUT2D eigenvalue weighted by Crippen LogP contribution is -2.54. The third-order valence-electron chi connectivity index (χ3n) is 4.19. The normalized spacial score (nSPS) is 17.8. The first-order chi connectivity index (χ1) is 11.3. The molecule has 1 N–H and O–H groups in total. The number of aromatic nitrogens is 3. The molecule has 0 unspecified atom stereocenters. The molecule has 1 aliphatic heterocycles. The van der Waals surface area contributed by atoms with Crippen LogP contribution in [-0.2, 0) is 0 Å². The molecular formula is C15H15F3N4O2. The van der Waals surface area contributed by atoms with Crippen molar-refractivity contribution < 1.29 is 23.1 Å². The fourth-order valence-electron chi connectivity index (χ4n) is 2.67. The average molecular weight is 340 g/mol. The number of likely N-dealkylation sites (tertiary alicyclic amines) is 1. The molecule has 0 bridgehead atoms. The van der Waals surface area contributed by atoms with Gasteiger partial charge in [-0.05, 0) is 18.2 Å². The third-order valence-corrected chi connectivity index (χ3v) is 4.19. The van der Waals surface area contributed by atoms with Crippen LogP contribution in [0.4, 0.5) is 13.2 Å². The van der Waals surface area contributed by atoms with Crippen molar-refractivity contribution in [2.24, 2.45) is 0 Å². The van der Waals surface area contributed by atoms with Crippen LogP contribution in [-0.4, -0.2) is 55.8 Å². The summed E-state index contributed by atoms with van der Waals surface area (Å²) >= 11 is 0. The van der Waals surface area contributed by atoms with Gasteiger partial charge in [-0.2, -0.15) is 13.2 Å². The number of amides is 1.